The average Bonchev–Trinajstić information content (AvgIpc) is 2.27. The van der Waals surface area contributed by atoms with Gasteiger partial charge in [0.05, 0.1) is 0 Å². The number of carboxylic acid groups (broad SMARTS) is 1. The number of rotatable bonds is 4. The third kappa shape index (κ3) is 3.67. The molecule has 0 saturated carbocycles. The number of carbonyl (C=O) groups is 2. The van der Waals surface area contributed by atoms with Crippen LogP contribution in [-0.2, 0) is 9.59 Å². The van der Waals surface area contributed by atoms with Crippen LogP contribution in [0.3, 0.4) is 0 Å². The summed E-state index contributed by atoms with van der Waals surface area (Å²) in [5.74, 6) is -2.08. The predicted octanol–water partition coefficient (Wildman–Crippen LogP) is 2.01. The first-order valence-electron chi connectivity index (χ1n) is 5.34. The van der Waals surface area contributed by atoms with Gasteiger partial charge >= 0.3 is 11.9 Å². The Balaban J connectivity index is 3.15. The predicted molar refractivity (Wildman–Crippen MR) is 68.3 cm³/mol. The summed E-state index contributed by atoms with van der Waals surface area (Å²) in [5.41, 5.74) is -0.505. The van der Waals surface area contributed by atoms with E-state index in [1.807, 2.05) is 0 Å². The number of aliphatic carboxylic acids is 1. The Morgan fingerprint density at radius 3 is 2.00 bits per heavy atom. The summed E-state index contributed by atoms with van der Waals surface area (Å²) in [6.07, 6.45) is 0. The van der Waals surface area contributed by atoms with Gasteiger partial charge in [0.25, 0.3) is 0 Å². The molecule has 100 valence electrons. The number of carboxylic acids is 1. The van der Waals surface area contributed by atoms with Crippen LogP contribution in [0.4, 0.5) is 0 Å². The second kappa shape index (κ2) is 5.81. The van der Waals surface area contributed by atoms with Crippen LogP contribution < -0.4 is 4.74 Å². The van der Waals surface area contributed by atoms with Crippen LogP contribution >= 0.6 is 0 Å². The molecule has 0 aliphatic heterocycles. The van der Waals surface area contributed by atoms with Gasteiger partial charge in [-0.2, -0.15) is 0 Å². The van der Waals surface area contributed by atoms with Crippen molar-refractivity contribution in [1.29, 1.82) is 5.41 Å². The summed E-state index contributed by atoms with van der Waals surface area (Å²) < 4.78 is 4.81. The normalized spacial score (nSPS) is 11.5. The average molecular weight is 263 g/mol. The van der Waals surface area contributed by atoms with Crippen LogP contribution in [0.15, 0.2) is 29.8 Å². The molecule has 1 aromatic carbocycles. The largest absolute Gasteiger partial charge is 0.506 e. The third-order valence-electron chi connectivity index (χ3n) is 2.22. The molecule has 0 fully saturated rings. The van der Waals surface area contributed by atoms with Crippen LogP contribution in [0.5, 0.6) is 5.75 Å². The Kier molecular flexibility index (Phi) is 4.41. The molecule has 0 unspecified atom stereocenters. The summed E-state index contributed by atoms with van der Waals surface area (Å²) in [4.78, 5) is 21.7. The van der Waals surface area contributed by atoms with Crippen molar-refractivity contribution in [3.8, 4) is 5.75 Å². The number of aliphatic hydroxyl groups excluding tert-OH is 1. The number of hydrogen-bond donors (Lipinski definition) is 3. The van der Waals surface area contributed by atoms with Crippen molar-refractivity contribution >= 4 is 23.4 Å². The maximum atomic E-state index is 10.9. The zero-order chi connectivity index (χ0) is 14.6. The zero-order valence-corrected chi connectivity index (χ0v) is 10.4. The molecule has 0 atom stereocenters. The first kappa shape index (κ1) is 14.4. The van der Waals surface area contributed by atoms with Crippen molar-refractivity contribution < 1.29 is 24.5 Å². The molecule has 0 radical (unpaired) electrons. The molecule has 0 heterocycles. The van der Waals surface area contributed by atoms with E-state index in [-0.39, 0.29) is 17.0 Å². The van der Waals surface area contributed by atoms with Gasteiger partial charge < -0.3 is 20.4 Å². The lowest BCUT2D eigenvalue weighted by molar-refractivity contribution is -0.132. The lowest BCUT2D eigenvalue weighted by Crippen LogP contribution is -2.11. The lowest BCUT2D eigenvalue weighted by atomic mass is 10.1. The number of carbonyl (C=O) groups excluding carboxylic acids is 1. The van der Waals surface area contributed by atoms with Crippen LogP contribution in [0.2, 0.25) is 0 Å². The maximum absolute atomic E-state index is 10.9. The van der Waals surface area contributed by atoms with E-state index in [0.717, 1.165) is 0 Å². The van der Waals surface area contributed by atoms with Crippen LogP contribution in [0.25, 0.3) is 5.76 Å². The molecule has 0 aliphatic carbocycles. The van der Waals surface area contributed by atoms with E-state index in [0.29, 0.717) is 0 Å². The highest BCUT2D eigenvalue weighted by molar-refractivity contribution is 6.21. The highest BCUT2D eigenvalue weighted by atomic mass is 16.5. The number of benzene rings is 1. The minimum Gasteiger partial charge on any atom is -0.506 e. The van der Waals surface area contributed by atoms with E-state index in [9.17, 15) is 14.7 Å². The van der Waals surface area contributed by atoms with E-state index in [1.165, 1.54) is 38.1 Å². The van der Waals surface area contributed by atoms with Gasteiger partial charge in [0.15, 0.2) is 0 Å². The second-order valence-corrected chi connectivity index (χ2v) is 3.77. The molecule has 19 heavy (non-hydrogen) atoms. The number of aliphatic hydroxyl groups is 1. The molecule has 6 heteroatoms. The van der Waals surface area contributed by atoms with Crippen LogP contribution in [0, 0.1) is 5.41 Å². The minimum atomic E-state index is -1.38. The standard InChI is InChI=1S/C13H13NO5/c1-7(14)11(13(17)18)12(16)9-3-5-10(6-4-9)19-8(2)15/h3-6,14,16H,1-2H3,(H,17,18)/b12-11+,14-7?. The number of nitrogens with one attached hydrogen (secondary N) is 1. The highest BCUT2D eigenvalue weighted by Crippen LogP contribution is 2.20. The minimum absolute atomic E-state index is 0.222. The van der Waals surface area contributed by atoms with E-state index >= 15 is 0 Å². The lowest BCUT2D eigenvalue weighted by Gasteiger charge is -2.07. The Bertz CT molecular complexity index is 541. The first-order chi connectivity index (χ1) is 8.82. The van der Waals surface area contributed by atoms with Gasteiger partial charge in [-0.05, 0) is 31.2 Å². The summed E-state index contributed by atoms with van der Waals surface area (Å²) in [7, 11) is 0. The number of ether oxygens (including phenoxy) is 1. The summed E-state index contributed by atoms with van der Waals surface area (Å²) >= 11 is 0. The fourth-order valence-corrected chi connectivity index (χ4v) is 1.43. The fourth-order valence-electron chi connectivity index (χ4n) is 1.43. The Morgan fingerprint density at radius 1 is 1.11 bits per heavy atom. The van der Waals surface area contributed by atoms with Crippen molar-refractivity contribution in [2.45, 2.75) is 13.8 Å². The van der Waals surface area contributed by atoms with Crippen molar-refractivity contribution in [3.63, 3.8) is 0 Å². The first-order valence-corrected chi connectivity index (χ1v) is 5.34. The molecule has 0 saturated heterocycles. The van der Waals surface area contributed by atoms with Gasteiger partial charge in [0.2, 0.25) is 0 Å². The van der Waals surface area contributed by atoms with Crippen molar-refractivity contribution in [1.82, 2.24) is 0 Å². The Hall–Kier alpha value is -2.63. The van der Waals surface area contributed by atoms with Crippen molar-refractivity contribution in [2.24, 2.45) is 0 Å². The van der Waals surface area contributed by atoms with Gasteiger partial charge in [-0.15, -0.1) is 0 Å². The van der Waals surface area contributed by atoms with Gasteiger partial charge in [-0.3, -0.25) is 4.79 Å². The Labute approximate surface area is 109 Å². The van der Waals surface area contributed by atoms with Gasteiger partial charge in [0, 0.05) is 18.2 Å². The van der Waals surface area contributed by atoms with Crippen LogP contribution in [-0.4, -0.2) is 27.9 Å². The zero-order valence-electron chi connectivity index (χ0n) is 10.4. The summed E-state index contributed by atoms with van der Waals surface area (Å²) in [5, 5.41) is 26.1. The third-order valence-corrected chi connectivity index (χ3v) is 2.22. The number of esters is 1. The van der Waals surface area contributed by atoms with E-state index in [4.69, 9.17) is 15.3 Å². The summed E-state index contributed by atoms with van der Waals surface area (Å²) in [6, 6.07) is 5.65. The molecule has 0 spiro atoms. The second-order valence-electron chi connectivity index (χ2n) is 3.77. The van der Waals surface area contributed by atoms with E-state index in [1.54, 1.807) is 0 Å². The van der Waals surface area contributed by atoms with Gasteiger partial charge in [-0.1, -0.05) is 0 Å². The summed E-state index contributed by atoms with van der Waals surface area (Å²) in [6.45, 7) is 2.53. The Morgan fingerprint density at radius 2 is 1.63 bits per heavy atom. The molecule has 0 aromatic heterocycles. The quantitative estimate of drug-likeness (QED) is 0.253. The molecule has 0 aliphatic rings. The molecule has 6 nitrogen and oxygen atoms in total. The van der Waals surface area contributed by atoms with Crippen LogP contribution in [0.1, 0.15) is 19.4 Å². The smallest absolute Gasteiger partial charge is 0.341 e. The van der Waals surface area contributed by atoms with E-state index in [2.05, 4.69) is 0 Å². The van der Waals surface area contributed by atoms with Gasteiger partial charge in [-0.25, -0.2) is 4.79 Å². The molecular formula is C13H13NO5. The van der Waals surface area contributed by atoms with Crippen molar-refractivity contribution in [2.75, 3.05) is 0 Å². The SMILES string of the molecule is CC(=N)/C(C(=O)O)=C(\O)c1ccc(OC(C)=O)cc1. The molecule has 3 N–H and O–H groups in total. The van der Waals surface area contributed by atoms with Crippen molar-refractivity contribution in [3.05, 3.63) is 35.4 Å². The topological polar surface area (TPSA) is 108 Å². The maximum Gasteiger partial charge on any atom is 0.341 e. The fraction of sp³-hybridized carbons (Fsp3) is 0.154. The molecule has 0 bridgehead atoms. The number of hydrogen-bond acceptors (Lipinski definition) is 5. The van der Waals surface area contributed by atoms with E-state index < -0.39 is 23.3 Å². The molecule has 1 rings (SSSR count). The highest BCUT2D eigenvalue weighted by Gasteiger charge is 2.17. The van der Waals surface area contributed by atoms with Gasteiger partial charge in [0.1, 0.15) is 17.1 Å². The molecule has 1 aromatic rings. The molecular weight excluding hydrogens is 250 g/mol. The molecule has 0 amide bonds. The monoisotopic (exact) mass is 263 g/mol.